The Morgan fingerprint density at radius 1 is 1.35 bits per heavy atom. The standard InChI is InChI=1S/C12H17F3N4O/c1-3-8(2)17-11(20)6-7-16-10-5-4-9(18-19-10)12(13,14)15/h4-5,8H,3,6-7H2,1-2H3,(H,16,19)(H,17,20). The predicted molar refractivity (Wildman–Crippen MR) is 68.0 cm³/mol. The summed E-state index contributed by atoms with van der Waals surface area (Å²) < 4.78 is 36.8. The van der Waals surface area contributed by atoms with Crippen LogP contribution in [0.3, 0.4) is 0 Å². The number of carbonyl (C=O) groups excluding carboxylic acids is 1. The molecule has 0 bridgehead atoms. The van der Waals surface area contributed by atoms with Gasteiger partial charge in [0.1, 0.15) is 5.82 Å². The molecule has 1 aromatic rings. The van der Waals surface area contributed by atoms with Crippen molar-refractivity contribution in [3.8, 4) is 0 Å². The molecule has 1 heterocycles. The summed E-state index contributed by atoms with van der Waals surface area (Å²) in [4.78, 5) is 11.5. The zero-order chi connectivity index (χ0) is 15.2. The Morgan fingerprint density at radius 2 is 2.05 bits per heavy atom. The van der Waals surface area contributed by atoms with Crippen molar-refractivity contribution in [2.75, 3.05) is 11.9 Å². The number of alkyl halides is 3. The number of hydrogen-bond donors (Lipinski definition) is 2. The van der Waals surface area contributed by atoms with Gasteiger partial charge in [0.2, 0.25) is 5.91 Å². The molecule has 20 heavy (non-hydrogen) atoms. The Balaban J connectivity index is 2.37. The van der Waals surface area contributed by atoms with Gasteiger partial charge >= 0.3 is 6.18 Å². The van der Waals surface area contributed by atoms with E-state index in [0.717, 1.165) is 12.5 Å². The lowest BCUT2D eigenvalue weighted by atomic mass is 10.2. The molecule has 1 amide bonds. The van der Waals surface area contributed by atoms with Crippen LogP contribution in [0, 0.1) is 0 Å². The van der Waals surface area contributed by atoms with Gasteiger partial charge in [0, 0.05) is 19.0 Å². The summed E-state index contributed by atoms with van der Waals surface area (Å²) in [5.41, 5.74) is -1.04. The van der Waals surface area contributed by atoms with Crippen molar-refractivity contribution in [2.24, 2.45) is 0 Å². The second-order valence-electron chi connectivity index (χ2n) is 4.36. The highest BCUT2D eigenvalue weighted by molar-refractivity contribution is 5.76. The van der Waals surface area contributed by atoms with Crippen LogP contribution in [0.2, 0.25) is 0 Å². The molecule has 0 aromatic carbocycles. The Morgan fingerprint density at radius 3 is 2.55 bits per heavy atom. The maximum Gasteiger partial charge on any atom is 0.435 e. The zero-order valence-corrected chi connectivity index (χ0v) is 11.3. The monoisotopic (exact) mass is 290 g/mol. The molecule has 0 aliphatic rings. The molecule has 1 aromatic heterocycles. The highest BCUT2D eigenvalue weighted by atomic mass is 19.4. The summed E-state index contributed by atoms with van der Waals surface area (Å²) in [7, 11) is 0. The van der Waals surface area contributed by atoms with E-state index in [2.05, 4.69) is 20.8 Å². The second-order valence-corrected chi connectivity index (χ2v) is 4.36. The molecule has 112 valence electrons. The molecule has 2 N–H and O–H groups in total. The van der Waals surface area contributed by atoms with E-state index in [1.54, 1.807) is 0 Å². The topological polar surface area (TPSA) is 66.9 Å². The summed E-state index contributed by atoms with van der Waals surface area (Å²) in [6.45, 7) is 4.13. The molecule has 0 aliphatic carbocycles. The molecule has 0 saturated carbocycles. The minimum absolute atomic E-state index is 0.105. The van der Waals surface area contributed by atoms with E-state index in [0.29, 0.717) is 0 Å². The quantitative estimate of drug-likeness (QED) is 0.843. The van der Waals surface area contributed by atoms with Crippen LogP contribution in [0.5, 0.6) is 0 Å². The first kappa shape index (κ1) is 16.2. The molecule has 5 nitrogen and oxygen atoms in total. The molecular formula is C12H17F3N4O. The van der Waals surface area contributed by atoms with Gasteiger partial charge < -0.3 is 10.6 Å². The number of halogens is 3. The van der Waals surface area contributed by atoms with Gasteiger partial charge in [0.15, 0.2) is 5.69 Å². The van der Waals surface area contributed by atoms with E-state index in [-0.39, 0.29) is 30.7 Å². The van der Waals surface area contributed by atoms with Crippen molar-refractivity contribution >= 4 is 11.7 Å². The minimum Gasteiger partial charge on any atom is -0.368 e. The molecule has 0 aliphatic heterocycles. The van der Waals surface area contributed by atoms with Crippen molar-refractivity contribution in [2.45, 2.75) is 38.9 Å². The number of carbonyl (C=O) groups is 1. The molecule has 1 atom stereocenters. The van der Waals surface area contributed by atoms with Crippen LogP contribution in [0.1, 0.15) is 32.4 Å². The Kier molecular flexibility index (Phi) is 5.72. The van der Waals surface area contributed by atoms with Gasteiger partial charge in [-0.25, -0.2) is 0 Å². The SMILES string of the molecule is CCC(C)NC(=O)CCNc1ccc(C(F)(F)F)nn1. The summed E-state index contributed by atoms with van der Waals surface area (Å²) in [5.74, 6) is 0.0843. The van der Waals surface area contributed by atoms with Crippen LogP contribution in [0.25, 0.3) is 0 Å². The Labute approximate surface area is 115 Å². The fraction of sp³-hybridized carbons (Fsp3) is 0.583. The summed E-state index contributed by atoms with van der Waals surface area (Å²) in [6.07, 6.45) is -3.45. The molecule has 0 radical (unpaired) electrons. The number of hydrogen-bond acceptors (Lipinski definition) is 4. The van der Waals surface area contributed by atoms with E-state index in [1.165, 1.54) is 6.07 Å². The molecule has 1 unspecified atom stereocenters. The van der Waals surface area contributed by atoms with Crippen molar-refractivity contribution < 1.29 is 18.0 Å². The average molecular weight is 290 g/mol. The lowest BCUT2D eigenvalue weighted by Crippen LogP contribution is -2.33. The second kappa shape index (κ2) is 7.06. The van der Waals surface area contributed by atoms with Gasteiger partial charge in [0.05, 0.1) is 0 Å². The molecular weight excluding hydrogens is 273 g/mol. The van der Waals surface area contributed by atoms with Crippen LogP contribution >= 0.6 is 0 Å². The normalized spacial score (nSPS) is 12.8. The molecule has 0 fully saturated rings. The first-order valence-corrected chi connectivity index (χ1v) is 6.27. The lowest BCUT2D eigenvalue weighted by molar-refractivity contribution is -0.141. The first-order valence-electron chi connectivity index (χ1n) is 6.27. The van der Waals surface area contributed by atoms with E-state index < -0.39 is 11.9 Å². The number of amides is 1. The van der Waals surface area contributed by atoms with E-state index in [9.17, 15) is 18.0 Å². The third-order valence-corrected chi connectivity index (χ3v) is 2.63. The van der Waals surface area contributed by atoms with Crippen LogP contribution in [0.15, 0.2) is 12.1 Å². The van der Waals surface area contributed by atoms with E-state index in [4.69, 9.17) is 0 Å². The maximum atomic E-state index is 12.3. The number of anilines is 1. The smallest absolute Gasteiger partial charge is 0.368 e. The van der Waals surface area contributed by atoms with Crippen LogP contribution in [-0.4, -0.2) is 28.7 Å². The van der Waals surface area contributed by atoms with Crippen molar-refractivity contribution in [1.29, 1.82) is 0 Å². The van der Waals surface area contributed by atoms with E-state index >= 15 is 0 Å². The van der Waals surface area contributed by atoms with Crippen molar-refractivity contribution in [1.82, 2.24) is 15.5 Å². The number of rotatable bonds is 6. The van der Waals surface area contributed by atoms with Gasteiger partial charge in [0.25, 0.3) is 0 Å². The fourth-order valence-corrected chi connectivity index (χ4v) is 1.33. The third-order valence-electron chi connectivity index (χ3n) is 2.63. The number of nitrogens with one attached hydrogen (secondary N) is 2. The third kappa shape index (κ3) is 5.41. The van der Waals surface area contributed by atoms with Gasteiger partial charge in [-0.2, -0.15) is 13.2 Å². The Bertz CT molecular complexity index is 433. The number of aromatic nitrogens is 2. The number of nitrogens with zero attached hydrogens (tertiary/aromatic N) is 2. The highest BCUT2D eigenvalue weighted by Crippen LogP contribution is 2.26. The van der Waals surface area contributed by atoms with Gasteiger partial charge in [-0.05, 0) is 25.5 Å². The van der Waals surface area contributed by atoms with Gasteiger partial charge in [-0.3, -0.25) is 4.79 Å². The van der Waals surface area contributed by atoms with Crippen molar-refractivity contribution in [3.05, 3.63) is 17.8 Å². The summed E-state index contributed by atoms with van der Waals surface area (Å²) in [5, 5.41) is 12.0. The van der Waals surface area contributed by atoms with Crippen LogP contribution < -0.4 is 10.6 Å². The zero-order valence-electron chi connectivity index (χ0n) is 11.3. The predicted octanol–water partition coefficient (Wildman–Crippen LogP) is 2.21. The Hall–Kier alpha value is -1.86. The van der Waals surface area contributed by atoms with Crippen molar-refractivity contribution in [3.63, 3.8) is 0 Å². The minimum atomic E-state index is -4.50. The van der Waals surface area contributed by atoms with Crippen LogP contribution in [-0.2, 0) is 11.0 Å². The summed E-state index contributed by atoms with van der Waals surface area (Å²) >= 11 is 0. The van der Waals surface area contributed by atoms with Crippen LogP contribution in [0.4, 0.5) is 19.0 Å². The molecule has 8 heteroatoms. The largest absolute Gasteiger partial charge is 0.435 e. The fourth-order valence-electron chi connectivity index (χ4n) is 1.33. The molecule has 0 spiro atoms. The van der Waals surface area contributed by atoms with Gasteiger partial charge in [-0.15, -0.1) is 10.2 Å². The molecule has 1 rings (SSSR count). The lowest BCUT2D eigenvalue weighted by Gasteiger charge is -2.11. The maximum absolute atomic E-state index is 12.3. The average Bonchev–Trinajstić information content (AvgIpc) is 2.38. The summed E-state index contributed by atoms with van der Waals surface area (Å²) in [6, 6.07) is 2.13. The highest BCUT2D eigenvalue weighted by Gasteiger charge is 2.32. The van der Waals surface area contributed by atoms with E-state index in [1.807, 2.05) is 13.8 Å². The molecule has 0 saturated heterocycles. The first-order chi connectivity index (χ1) is 9.32. The van der Waals surface area contributed by atoms with Gasteiger partial charge in [-0.1, -0.05) is 6.92 Å².